The van der Waals surface area contributed by atoms with E-state index >= 15 is 0 Å². The number of rotatable bonds is 5. The molecule has 29 heavy (non-hydrogen) atoms. The van der Waals surface area contributed by atoms with E-state index < -0.39 is 0 Å². The summed E-state index contributed by atoms with van der Waals surface area (Å²) in [6.07, 6.45) is 0. The Morgan fingerprint density at radius 3 is 2.59 bits per heavy atom. The molecule has 4 rings (SSSR count). The first-order chi connectivity index (χ1) is 13.9. The van der Waals surface area contributed by atoms with Crippen molar-refractivity contribution >= 4 is 32.8 Å². The Morgan fingerprint density at radius 2 is 1.90 bits per heavy atom. The molecule has 0 unspecified atom stereocenters. The van der Waals surface area contributed by atoms with Crippen molar-refractivity contribution in [3.05, 3.63) is 57.6 Å². The van der Waals surface area contributed by atoms with Gasteiger partial charge in [-0.1, -0.05) is 15.9 Å². The van der Waals surface area contributed by atoms with Crippen LogP contribution < -0.4 is 5.32 Å². The summed E-state index contributed by atoms with van der Waals surface area (Å²) in [5, 5.41) is 4.03. The number of benzene rings is 1. The molecule has 3 heterocycles. The number of carbonyl (C=O) groups is 1. The SMILES string of the molecule is Cc1ccc([C@H](CNC(=O)c2oc3cc(Br)ccc3c2C)N2CCN(C)CC2)o1. The average Bonchev–Trinajstić information content (AvgIpc) is 3.26. The van der Waals surface area contributed by atoms with Crippen LogP contribution in [0.4, 0.5) is 0 Å². The van der Waals surface area contributed by atoms with Gasteiger partial charge in [0.15, 0.2) is 5.76 Å². The third-order valence-corrected chi connectivity index (χ3v) is 6.12. The van der Waals surface area contributed by atoms with Gasteiger partial charge < -0.3 is 19.1 Å². The Labute approximate surface area is 179 Å². The fourth-order valence-corrected chi connectivity index (χ4v) is 4.20. The van der Waals surface area contributed by atoms with E-state index in [9.17, 15) is 4.79 Å². The van der Waals surface area contributed by atoms with E-state index in [4.69, 9.17) is 8.83 Å². The van der Waals surface area contributed by atoms with E-state index in [1.807, 2.05) is 44.2 Å². The average molecular weight is 460 g/mol. The van der Waals surface area contributed by atoms with E-state index in [1.165, 1.54) is 0 Å². The van der Waals surface area contributed by atoms with E-state index in [-0.39, 0.29) is 11.9 Å². The first-order valence-corrected chi connectivity index (χ1v) is 10.7. The van der Waals surface area contributed by atoms with Crippen LogP contribution in [0.15, 0.2) is 43.6 Å². The van der Waals surface area contributed by atoms with Gasteiger partial charge in [-0.2, -0.15) is 0 Å². The van der Waals surface area contributed by atoms with Crippen molar-refractivity contribution < 1.29 is 13.6 Å². The van der Waals surface area contributed by atoms with Gasteiger partial charge in [-0.25, -0.2) is 0 Å². The van der Waals surface area contributed by atoms with Gasteiger partial charge in [-0.3, -0.25) is 9.69 Å². The molecule has 1 atom stereocenters. The lowest BCUT2D eigenvalue weighted by Gasteiger charge is -2.37. The lowest BCUT2D eigenvalue weighted by molar-refractivity contribution is 0.0831. The first kappa shape index (κ1) is 20.2. The van der Waals surface area contributed by atoms with Gasteiger partial charge in [-0.15, -0.1) is 0 Å². The number of aryl methyl sites for hydroxylation is 2. The predicted octanol–water partition coefficient (Wildman–Crippen LogP) is 4.12. The van der Waals surface area contributed by atoms with Gasteiger partial charge in [0.25, 0.3) is 5.91 Å². The summed E-state index contributed by atoms with van der Waals surface area (Å²) < 4.78 is 12.7. The molecule has 0 spiro atoms. The fourth-order valence-electron chi connectivity index (χ4n) is 3.86. The second-order valence-electron chi connectivity index (χ2n) is 7.71. The Bertz CT molecular complexity index is 1020. The van der Waals surface area contributed by atoms with Crippen LogP contribution in [0.2, 0.25) is 0 Å². The summed E-state index contributed by atoms with van der Waals surface area (Å²) >= 11 is 3.45. The smallest absolute Gasteiger partial charge is 0.287 e. The topological polar surface area (TPSA) is 61.9 Å². The lowest BCUT2D eigenvalue weighted by Crippen LogP contribution is -2.48. The molecule has 154 valence electrons. The minimum absolute atomic E-state index is 0.000166. The maximum atomic E-state index is 12.9. The Kier molecular flexibility index (Phi) is 5.81. The van der Waals surface area contributed by atoms with Crippen molar-refractivity contribution in [3.8, 4) is 0 Å². The molecule has 1 amide bonds. The standard InChI is InChI=1S/C22H26BrN3O3/c1-14-4-7-19(28-14)18(26-10-8-25(3)9-11-26)13-24-22(27)21-15(2)17-6-5-16(23)12-20(17)29-21/h4-7,12,18H,8-11,13H2,1-3H3,(H,24,27)/t18-/m0/s1. The van der Waals surface area contributed by atoms with Gasteiger partial charge in [0.2, 0.25) is 0 Å². The van der Waals surface area contributed by atoms with E-state index in [1.54, 1.807) is 0 Å². The van der Waals surface area contributed by atoms with Crippen molar-refractivity contribution in [1.82, 2.24) is 15.1 Å². The number of nitrogens with zero attached hydrogens (tertiary/aromatic N) is 2. The first-order valence-electron chi connectivity index (χ1n) is 9.88. The van der Waals surface area contributed by atoms with Crippen molar-refractivity contribution in [2.75, 3.05) is 39.8 Å². The van der Waals surface area contributed by atoms with Crippen LogP contribution in [0.5, 0.6) is 0 Å². The Hall–Kier alpha value is -2.09. The molecule has 1 fully saturated rings. The zero-order valence-corrected chi connectivity index (χ0v) is 18.6. The molecule has 1 N–H and O–H groups in total. The molecular formula is C22H26BrN3O3. The zero-order valence-electron chi connectivity index (χ0n) is 17.0. The largest absolute Gasteiger partial charge is 0.465 e. The van der Waals surface area contributed by atoms with Gasteiger partial charge in [0.05, 0.1) is 6.04 Å². The molecule has 6 nitrogen and oxygen atoms in total. The monoisotopic (exact) mass is 459 g/mol. The van der Waals surface area contributed by atoms with Crippen LogP contribution in [0, 0.1) is 13.8 Å². The summed E-state index contributed by atoms with van der Waals surface area (Å²) in [4.78, 5) is 17.6. The number of amides is 1. The Morgan fingerprint density at radius 1 is 1.14 bits per heavy atom. The fraction of sp³-hybridized carbons (Fsp3) is 0.409. The molecule has 0 radical (unpaired) electrons. The van der Waals surface area contributed by atoms with Crippen LogP contribution in [0.25, 0.3) is 11.0 Å². The molecule has 3 aromatic rings. The van der Waals surface area contributed by atoms with Gasteiger partial charge in [0, 0.05) is 48.1 Å². The van der Waals surface area contributed by atoms with Crippen LogP contribution >= 0.6 is 15.9 Å². The van der Waals surface area contributed by atoms with Crippen molar-refractivity contribution in [2.45, 2.75) is 19.9 Å². The molecule has 0 aliphatic carbocycles. The van der Waals surface area contributed by atoms with Crippen molar-refractivity contribution in [3.63, 3.8) is 0 Å². The molecule has 7 heteroatoms. The number of furan rings is 2. The minimum atomic E-state index is -0.197. The van der Waals surface area contributed by atoms with Gasteiger partial charge in [0.1, 0.15) is 17.1 Å². The molecule has 0 bridgehead atoms. The van der Waals surface area contributed by atoms with Crippen LogP contribution in [-0.4, -0.2) is 55.5 Å². The van der Waals surface area contributed by atoms with Gasteiger partial charge in [-0.05, 0) is 51.2 Å². The lowest BCUT2D eigenvalue weighted by atomic mass is 10.1. The normalized spacial score (nSPS) is 17.0. The summed E-state index contributed by atoms with van der Waals surface area (Å²) in [6, 6.07) is 9.79. The number of nitrogens with one attached hydrogen (secondary N) is 1. The molecule has 1 aliphatic heterocycles. The number of fused-ring (bicyclic) bond motifs is 1. The second-order valence-corrected chi connectivity index (χ2v) is 8.63. The van der Waals surface area contributed by atoms with Crippen LogP contribution in [-0.2, 0) is 0 Å². The highest BCUT2D eigenvalue weighted by molar-refractivity contribution is 9.10. The molecular weight excluding hydrogens is 434 g/mol. The highest BCUT2D eigenvalue weighted by Crippen LogP contribution is 2.28. The molecule has 1 aliphatic rings. The van der Waals surface area contributed by atoms with Crippen molar-refractivity contribution in [1.29, 1.82) is 0 Å². The highest BCUT2D eigenvalue weighted by Gasteiger charge is 2.27. The molecule has 1 saturated heterocycles. The van der Waals surface area contributed by atoms with Crippen molar-refractivity contribution in [2.24, 2.45) is 0 Å². The molecule has 0 saturated carbocycles. The number of carbonyl (C=O) groups excluding carboxylic acids is 1. The molecule has 1 aromatic carbocycles. The summed E-state index contributed by atoms with van der Waals surface area (Å²) in [7, 11) is 2.13. The second kappa shape index (κ2) is 8.34. The highest BCUT2D eigenvalue weighted by atomic mass is 79.9. The summed E-state index contributed by atoms with van der Waals surface area (Å²) in [6.45, 7) is 8.21. The van der Waals surface area contributed by atoms with Crippen LogP contribution in [0.3, 0.4) is 0 Å². The van der Waals surface area contributed by atoms with E-state index in [0.717, 1.165) is 53.1 Å². The maximum absolute atomic E-state index is 12.9. The number of hydrogen-bond acceptors (Lipinski definition) is 5. The number of piperazine rings is 1. The van der Waals surface area contributed by atoms with E-state index in [0.29, 0.717) is 17.9 Å². The quantitative estimate of drug-likeness (QED) is 0.621. The third kappa shape index (κ3) is 4.27. The maximum Gasteiger partial charge on any atom is 0.287 e. The third-order valence-electron chi connectivity index (χ3n) is 5.63. The summed E-state index contributed by atoms with van der Waals surface area (Å²) in [5.74, 6) is 1.94. The zero-order chi connectivity index (χ0) is 20.5. The summed E-state index contributed by atoms with van der Waals surface area (Å²) in [5.41, 5.74) is 1.56. The minimum Gasteiger partial charge on any atom is -0.465 e. The number of hydrogen-bond donors (Lipinski definition) is 1. The number of likely N-dealkylation sites (N-methyl/N-ethyl adjacent to an activating group) is 1. The van der Waals surface area contributed by atoms with Crippen LogP contribution in [0.1, 0.15) is 33.7 Å². The van der Waals surface area contributed by atoms with Gasteiger partial charge >= 0.3 is 0 Å². The number of halogens is 1. The van der Waals surface area contributed by atoms with E-state index in [2.05, 4.69) is 38.1 Å². The molecule has 2 aromatic heterocycles. The predicted molar refractivity (Wildman–Crippen MR) is 116 cm³/mol. The Balaban J connectivity index is 1.52.